The van der Waals surface area contributed by atoms with Crippen molar-refractivity contribution in [2.24, 2.45) is 0 Å². The van der Waals surface area contributed by atoms with Crippen molar-refractivity contribution < 1.29 is 0 Å². The van der Waals surface area contributed by atoms with Crippen LogP contribution in [0.4, 0.5) is 5.82 Å². The molecule has 0 radical (unpaired) electrons. The highest BCUT2D eigenvalue weighted by atomic mass is 15.3. The van der Waals surface area contributed by atoms with Crippen molar-refractivity contribution in [3.63, 3.8) is 0 Å². The summed E-state index contributed by atoms with van der Waals surface area (Å²) in [6, 6.07) is 3.06. The fourth-order valence-corrected chi connectivity index (χ4v) is 1.79. The topological polar surface area (TPSA) is 29.9 Å². The second-order valence-electron chi connectivity index (χ2n) is 4.61. The molecule has 1 aromatic heterocycles. The number of anilines is 1. The Morgan fingerprint density at radius 1 is 1.38 bits per heavy atom. The van der Waals surface area contributed by atoms with E-state index in [2.05, 4.69) is 48.9 Å². The Bertz CT molecular complexity index is 293. The maximum Gasteiger partial charge on any atom is 0.124 e. The zero-order valence-electron chi connectivity index (χ0n) is 11.0. The van der Waals surface area contributed by atoms with E-state index in [1.807, 2.05) is 6.20 Å². The fraction of sp³-hybridized carbons (Fsp3) is 0.769. The third-order valence-electron chi connectivity index (χ3n) is 3.06. The molecule has 16 heavy (non-hydrogen) atoms. The first-order valence-corrected chi connectivity index (χ1v) is 6.49. The number of unbranched alkanes of at least 4 members (excludes halogenated alkanes) is 1. The molecule has 0 fully saturated rings. The summed E-state index contributed by atoms with van der Waals surface area (Å²) >= 11 is 0. The minimum atomic E-state index is 0.468. The van der Waals surface area contributed by atoms with Gasteiger partial charge in [-0.05, 0) is 26.7 Å². The molecule has 1 rings (SSSR count). The molecule has 0 saturated heterocycles. The van der Waals surface area contributed by atoms with Crippen molar-refractivity contribution in [1.82, 2.24) is 9.78 Å². The molecule has 0 aliphatic rings. The van der Waals surface area contributed by atoms with Gasteiger partial charge in [-0.2, -0.15) is 5.10 Å². The van der Waals surface area contributed by atoms with Crippen molar-refractivity contribution >= 4 is 5.82 Å². The molecule has 0 spiro atoms. The number of aromatic nitrogens is 2. The number of rotatable bonds is 7. The molecule has 1 heterocycles. The summed E-state index contributed by atoms with van der Waals surface area (Å²) in [4.78, 5) is 0. The molecule has 0 aliphatic carbocycles. The lowest BCUT2D eigenvalue weighted by molar-refractivity contribution is 0.479. The van der Waals surface area contributed by atoms with E-state index in [0.29, 0.717) is 12.1 Å². The monoisotopic (exact) mass is 223 g/mol. The minimum Gasteiger partial charge on any atom is -0.368 e. The Balaban J connectivity index is 2.56. The number of nitrogens with one attached hydrogen (secondary N) is 1. The van der Waals surface area contributed by atoms with Gasteiger partial charge in [0.25, 0.3) is 0 Å². The normalized spacial score (nSPS) is 14.8. The number of hydrogen-bond acceptors (Lipinski definition) is 2. The molecule has 0 bridgehead atoms. The second-order valence-corrected chi connectivity index (χ2v) is 4.61. The van der Waals surface area contributed by atoms with Gasteiger partial charge in [-0.1, -0.05) is 26.7 Å². The van der Waals surface area contributed by atoms with Crippen LogP contribution >= 0.6 is 0 Å². The molecular formula is C13H25N3. The van der Waals surface area contributed by atoms with E-state index in [9.17, 15) is 0 Å². The van der Waals surface area contributed by atoms with E-state index < -0.39 is 0 Å². The van der Waals surface area contributed by atoms with Crippen molar-refractivity contribution in [3.05, 3.63) is 12.3 Å². The van der Waals surface area contributed by atoms with Crippen LogP contribution in [0.5, 0.6) is 0 Å². The summed E-state index contributed by atoms with van der Waals surface area (Å²) < 4.78 is 2.09. The summed E-state index contributed by atoms with van der Waals surface area (Å²) in [5.41, 5.74) is 0. The Hall–Kier alpha value is -0.990. The van der Waals surface area contributed by atoms with Crippen LogP contribution in [0.15, 0.2) is 12.3 Å². The molecule has 92 valence electrons. The summed E-state index contributed by atoms with van der Waals surface area (Å²) in [6.45, 7) is 8.87. The average molecular weight is 223 g/mol. The third kappa shape index (κ3) is 3.54. The van der Waals surface area contributed by atoms with Crippen LogP contribution < -0.4 is 5.32 Å². The Morgan fingerprint density at radius 3 is 2.75 bits per heavy atom. The van der Waals surface area contributed by atoms with E-state index in [1.165, 1.54) is 19.3 Å². The van der Waals surface area contributed by atoms with E-state index in [-0.39, 0.29) is 0 Å². The molecule has 3 heteroatoms. The van der Waals surface area contributed by atoms with Gasteiger partial charge in [0, 0.05) is 12.1 Å². The van der Waals surface area contributed by atoms with Gasteiger partial charge in [-0.15, -0.1) is 0 Å². The van der Waals surface area contributed by atoms with E-state index >= 15 is 0 Å². The fourth-order valence-electron chi connectivity index (χ4n) is 1.79. The highest BCUT2D eigenvalue weighted by molar-refractivity contribution is 5.35. The smallest absolute Gasteiger partial charge is 0.124 e. The van der Waals surface area contributed by atoms with E-state index in [4.69, 9.17) is 0 Å². The van der Waals surface area contributed by atoms with Gasteiger partial charge in [0.15, 0.2) is 0 Å². The maximum atomic E-state index is 4.37. The molecular weight excluding hydrogens is 198 g/mol. The van der Waals surface area contributed by atoms with Crippen LogP contribution in [0, 0.1) is 0 Å². The average Bonchev–Trinajstić information content (AvgIpc) is 2.73. The van der Waals surface area contributed by atoms with Gasteiger partial charge in [-0.3, -0.25) is 0 Å². The van der Waals surface area contributed by atoms with Crippen LogP contribution in [0.3, 0.4) is 0 Å². The van der Waals surface area contributed by atoms with Crippen molar-refractivity contribution in [2.75, 3.05) is 5.32 Å². The third-order valence-corrected chi connectivity index (χ3v) is 3.06. The Kier molecular flexibility index (Phi) is 5.36. The Labute approximate surface area is 99.2 Å². The lowest BCUT2D eigenvalue weighted by Crippen LogP contribution is -2.19. The molecule has 3 nitrogen and oxygen atoms in total. The van der Waals surface area contributed by atoms with Crippen LogP contribution in [0.2, 0.25) is 0 Å². The van der Waals surface area contributed by atoms with Crippen molar-refractivity contribution in [2.45, 2.75) is 65.5 Å². The van der Waals surface area contributed by atoms with E-state index in [0.717, 1.165) is 12.2 Å². The number of nitrogens with zero attached hydrogens (tertiary/aromatic N) is 2. The SMILES string of the molecule is CCCCC(C)Nc1ccnn1C(C)CC. The first-order chi connectivity index (χ1) is 7.69. The van der Waals surface area contributed by atoms with Crippen LogP contribution in [-0.2, 0) is 0 Å². The molecule has 0 aliphatic heterocycles. The number of hydrogen-bond donors (Lipinski definition) is 1. The van der Waals surface area contributed by atoms with E-state index in [1.54, 1.807) is 0 Å². The summed E-state index contributed by atoms with van der Waals surface area (Å²) in [5, 5.41) is 7.92. The van der Waals surface area contributed by atoms with Gasteiger partial charge >= 0.3 is 0 Å². The zero-order valence-corrected chi connectivity index (χ0v) is 11.0. The van der Waals surface area contributed by atoms with Gasteiger partial charge in [0.05, 0.1) is 12.2 Å². The predicted octanol–water partition coefficient (Wildman–Crippen LogP) is 3.84. The molecule has 2 unspecified atom stereocenters. The molecule has 0 aromatic carbocycles. The highest BCUT2D eigenvalue weighted by Crippen LogP contribution is 2.18. The molecule has 1 N–H and O–H groups in total. The second kappa shape index (κ2) is 6.56. The molecule has 2 atom stereocenters. The Morgan fingerprint density at radius 2 is 2.12 bits per heavy atom. The lowest BCUT2D eigenvalue weighted by atomic mass is 10.1. The molecule has 0 saturated carbocycles. The van der Waals surface area contributed by atoms with Crippen molar-refractivity contribution in [1.29, 1.82) is 0 Å². The first kappa shape index (κ1) is 13.1. The molecule has 1 aromatic rings. The summed E-state index contributed by atoms with van der Waals surface area (Å²) in [5.74, 6) is 1.15. The van der Waals surface area contributed by atoms with Gasteiger partial charge < -0.3 is 5.32 Å². The predicted molar refractivity (Wildman–Crippen MR) is 69.8 cm³/mol. The largest absolute Gasteiger partial charge is 0.368 e. The first-order valence-electron chi connectivity index (χ1n) is 6.49. The molecule has 0 amide bonds. The van der Waals surface area contributed by atoms with Crippen LogP contribution in [0.25, 0.3) is 0 Å². The quantitative estimate of drug-likeness (QED) is 0.761. The maximum absolute atomic E-state index is 4.37. The standard InChI is InChI=1S/C13H25N3/c1-5-7-8-11(3)15-13-9-10-14-16(13)12(4)6-2/h9-12,15H,5-8H2,1-4H3. The van der Waals surface area contributed by atoms with Gasteiger partial charge in [-0.25, -0.2) is 4.68 Å². The highest BCUT2D eigenvalue weighted by Gasteiger charge is 2.10. The summed E-state index contributed by atoms with van der Waals surface area (Å²) in [7, 11) is 0. The minimum absolute atomic E-state index is 0.468. The van der Waals surface area contributed by atoms with Gasteiger partial charge in [0.1, 0.15) is 5.82 Å². The van der Waals surface area contributed by atoms with Gasteiger partial charge in [0.2, 0.25) is 0 Å². The lowest BCUT2D eigenvalue weighted by Gasteiger charge is -2.19. The zero-order chi connectivity index (χ0) is 12.0. The van der Waals surface area contributed by atoms with Crippen LogP contribution in [0.1, 0.15) is 59.4 Å². The van der Waals surface area contributed by atoms with Crippen LogP contribution in [-0.4, -0.2) is 15.8 Å². The van der Waals surface area contributed by atoms with Crippen molar-refractivity contribution in [3.8, 4) is 0 Å². The summed E-state index contributed by atoms with van der Waals surface area (Å²) in [6.07, 6.45) is 6.76.